The molecule has 0 unspecified atom stereocenters. The van der Waals surface area contributed by atoms with Crippen molar-refractivity contribution < 1.29 is 37.0 Å². The summed E-state index contributed by atoms with van der Waals surface area (Å²) in [6.45, 7) is 8.14. The molecule has 2 heterocycles. The van der Waals surface area contributed by atoms with Crippen molar-refractivity contribution in [3.8, 4) is 11.5 Å². The average Bonchev–Trinajstić information content (AvgIpc) is 3.52. The molecule has 0 N–H and O–H groups in total. The lowest BCUT2D eigenvalue weighted by Gasteiger charge is -2.34. The summed E-state index contributed by atoms with van der Waals surface area (Å²) in [5.41, 5.74) is 1.68. The van der Waals surface area contributed by atoms with E-state index < -0.39 is 33.3 Å². The van der Waals surface area contributed by atoms with Crippen molar-refractivity contribution in [3.05, 3.63) is 75.2 Å². The van der Waals surface area contributed by atoms with Gasteiger partial charge in [0.1, 0.15) is 33.6 Å². The quantitative estimate of drug-likeness (QED) is 0.230. The second-order valence-electron chi connectivity index (χ2n) is 12.5. The SMILES string of the molecule is COc1cc(C(=O)N(CCCc2ccccc2)Cc2nc(C(=O)CS(=O)(=O)N3CCN(C(=O)OC(C)(C)C)CC3)cs2)cc(OC)c1C. The molecule has 2 amide bonds. The van der Waals surface area contributed by atoms with Crippen molar-refractivity contribution in [2.75, 3.05) is 52.7 Å². The van der Waals surface area contributed by atoms with Crippen LogP contribution >= 0.6 is 11.3 Å². The van der Waals surface area contributed by atoms with E-state index >= 15 is 0 Å². The molecule has 1 saturated heterocycles. The Morgan fingerprint density at radius 3 is 2.19 bits per heavy atom. The smallest absolute Gasteiger partial charge is 0.410 e. The maximum atomic E-state index is 13.9. The van der Waals surface area contributed by atoms with Crippen molar-refractivity contribution in [1.29, 1.82) is 0 Å². The summed E-state index contributed by atoms with van der Waals surface area (Å²) in [6, 6.07) is 13.3. The number of thiazole rings is 1. The molecule has 0 bridgehead atoms. The Bertz CT molecular complexity index is 1670. The highest BCUT2D eigenvalue weighted by Crippen LogP contribution is 2.30. The third-order valence-corrected chi connectivity index (χ3v) is 10.4. The van der Waals surface area contributed by atoms with Crippen LogP contribution in [0.1, 0.15) is 64.2 Å². The number of Topliss-reactive ketones (excluding diaryl/α,β-unsaturated/α-hetero) is 1. The van der Waals surface area contributed by atoms with Gasteiger partial charge in [-0.25, -0.2) is 18.2 Å². The van der Waals surface area contributed by atoms with E-state index in [1.807, 2.05) is 37.3 Å². The first-order chi connectivity index (χ1) is 22.7. The predicted octanol–water partition coefficient (Wildman–Crippen LogP) is 4.81. The highest BCUT2D eigenvalue weighted by Gasteiger charge is 2.33. The molecule has 260 valence electrons. The van der Waals surface area contributed by atoms with Crippen molar-refractivity contribution in [2.24, 2.45) is 0 Å². The predicted molar refractivity (Wildman–Crippen MR) is 183 cm³/mol. The number of amides is 2. The minimum Gasteiger partial charge on any atom is -0.496 e. The number of aryl methyl sites for hydroxylation is 1. The van der Waals surface area contributed by atoms with E-state index in [2.05, 4.69) is 4.98 Å². The van der Waals surface area contributed by atoms with Crippen LogP contribution in [0.3, 0.4) is 0 Å². The van der Waals surface area contributed by atoms with Gasteiger partial charge in [0.05, 0.1) is 20.8 Å². The molecule has 1 fully saturated rings. The first-order valence-electron chi connectivity index (χ1n) is 15.7. The second-order valence-corrected chi connectivity index (χ2v) is 15.4. The standard InChI is InChI=1S/C34H44N4O8S2/c1-24-29(44-5)19-26(20-30(24)45-6)32(40)37(14-10-13-25-11-8-7-9-12-25)21-31-35-27(22-47-31)28(39)23-48(42,43)38-17-15-36(16-18-38)33(41)46-34(2,3)4/h7-9,11-12,19-20,22H,10,13-18,21,23H2,1-6H3. The van der Waals surface area contributed by atoms with Crippen LogP contribution in [-0.2, 0) is 27.7 Å². The van der Waals surface area contributed by atoms with Gasteiger partial charge in [-0.1, -0.05) is 30.3 Å². The highest BCUT2D eigenvalue weighted by atomic mass is 32.2. The Balaban J connectivity index is 1.44. The van der Waals surface area contributed by atoms with Gasteiger partial charge in [0, 0.05) is 49.2 Å². The third-order valence-electron chi connectivity index (χ3n) is 7.78. The number of hydrogen-bond donors (Lipinski definition) is 0. The topological polar surface area (TPSA) is 136 Å². The molecule has 4 rings (SSSR count). The lowest BCUT2D eigenvalue weighted by Crippen LogP contribution is -2.52. The van der Waals surface area contributed by atoms with Crippen LogP contribution in [0.2, 0.25) is 0 Å². The molecule has 3 aromatic rings. The first kappa shape index (κ1) is 36.8. The van der Waals surface area contributed by atoms with Gasteiger partial charge in [-0.3, -0.25) is 9.59 Å². The van der Waals surface area contributed by atoms with E-state index in [4.69, 9.17) is 14.2 Å². The van der Waals surface area contributed by atoms with E-state index in [0.717, 1.165) is 17.5 Å². The summed E-state index contributed by atoms with van der Waals surface area (Å²) < 4.78 is 43.9. The lowest BCUT2D eigenvalue weighted by molar-refractivity contribution is 0.0192. The Hall–Kier alpha value is -4.01. The van der Waals surface area contributed by atoms with Crippen molar-refractivity contribution >= 4 is 39.1 Å². The molecule has 14 heteroatoms. The van der Waals surface area contributed by atoms with Crippen LogP contribution in [0.25, 0.3) is 0 Å². The number of aromatic nitrogens is 1. The molecule has 0 saturated carbocycles. The van der Waals surface area contributed by atoms with Gasteiger partial charge in [-0.15, -0.1) is 11.3 Å². The number of ketones is 1. The third kappa shape index (κ3) is 9.77. The van der Waals surface area contributed by atoms with Crippen molar-refractivity contribution in [2.45, 2.75) is 52.7 Å². The van der Waals surface area contributed by atoms with Gasteiger partial charge in [0.2, 0.25) is 10.0 Å². The largest absolute Gasteiger partial charge is 0.496 e. The number of sulfonamides is 1. The van der Waals surface area contributed by atoms with Crippen LogP contribution in [0.5, 0.6) is 11.5 Å². The monoisotopic (exact) mass is 700 g/mol. The number of piperazine rings is 1. The zero-order valence-electron chi connectivity index (χ0n) is 28.4. The second kappa shape index (κ2) is 15.9. The van der Waals surface area contributed by atoms with E-state index in [1.54, 1.807) is 37.8 Å². The van der Waals surface area contributed by atoms with Crippen LogP contribution in [-0.4, -0.2) is 104 Å². The van der Waals surface area contributed by atoms with Gasteiger partial charge >= 0.3 is 6.09 Å². The minimum absolute atomic E-state index is 0.0290. The molecule has 1 aliphatic heterocycles. The molecule has 1 aliphatic rings. The number of ether oxygens (including phenoxy) is 3. The maximum Gasteiger partial charge on any atom is 0.410 e. The molecule has 0 radical (unpaired) electrons. The molecule has 2 aromatic carbocycles. The lowest BCUT2D eigenvalue weighted by atomic mass is 10.1. The number of rotatable bonds is 13. The van der Waals surface area contributed by atoms with Gasteiger partial charge in [0.25, 0.3) is 5.91 Å². The highest BCUT2D eigenvalue weighted by molar-refractivity contribution is 7.89. The van der Waals surface area contributed by atoms with Crippen LogP contribution in [0.4, 0.5) is 4.79 Å². The molecule has 0 spiro atoms. The van der Waals surface area contributed by atoms with Crippen molar-refractivity contribution in [1.82, 2.24) is 19.1 Å². The number of carbonyl (C=O) groups excluding carboxylic acids is 3. The van der Waals surface area contributed by atoms with Crippen LogP contribution in [0, 0.1) is 6.92 Å². The van der Waals surface area contributed by atoms with Crippen molar-refractivity contribution in [3.63, 3.8) is 0 Å². The Morgan fingerprint density at radius 2 is 1.60 bits per heavy atom. The molecule has 12 nitrogen and oxygen atoms in total. The number of hydrogen-bond acceptors (Lipinski definition) is 10. The maximum absolute atomic E-state index is 13.9. The summed E-state index contributed by atoms with van der Waals surface area (Å²) in [4.78, 5) is 47.0. The van der Waals surface area contributed by atoms with Crippen LogP contribution < -0.4 is 9.47 Å². The van der Waals surface area contributed by atoms with E-state index in [-0.39, 0.29) is 44.3 Å². The number of nitrogens with zero attached hydrogens (tertiary/aromatic N) is 4. The fraction of sp³-hybridized carbons (Fsp3) is 0.471. The average molecular weight is 701 g/mol. The fourth-order valence-corrected chi connectivity index (χ4v) is 7.44. The molecular weight excluding hydrogens is 657 g/mol. The number of methoxy groups -OCH3 is 2. The Labute approximate surface area is 286 Å². The summed E-state index contributed by atoms with van der Waals surface area (Å²) in [5, 5.41) is 2.03. The molecular formula is C34H44N4O8S2. The Morgan fingerprint density at radius 1 is 0.979 bits per heavy atom. The number of benzene rings is 2. The fourth-order valence-electron chi connectivity index (χ4n) is 5.24. The van der Waals surface area contributed by atoms with Gasteiger partial charge < -0.3 is 24.0 Å². The zero-order chi connectivity index (χ0) is 35.1. The summed E-state index contributed by atoms with van der Waals surface area (Å²) in [5.74, 6) is -0.586. The summed E-state index contributed by atoms with van der Waals surface area (Å²) >= 11 is 1.19. The normalized spacial score (nSPS) is 14.0. The van der Waals surface area contributed by atoms with E-state index in [9.17, 15) is 22.8 Å². The molecule has 0 aliphatic carbocycles. The summed E-state index contributed by atoms with van der Waals surface area (Å²) in [6.07, 6.45) is 0.947. The minimum atomic E-state index is -3.95. The molecule has 1 aromatic heterocycles. The zero-order valence-corrected chi connectivity index (χ0v) is 30.0. The van der Waals surface area contributed by atoms with E-state index in [0.29, 0.717) is 35.0 Å². The van der Waals surface area contributed by atoms with Gasteiger partial charge in [-0.2, -0.15) is 4.31 Å². The van der Waals surface area contributed by atoms with E-state index in [1.165, 1.54) is 40.1 Å². The van der Waals surface area contributed by atoms with Gasteiger partial charge in [0.15, 0.2) is 5.78 Å². The van der Waals surface area contributed by atoms with Gasteiger partial charge in [-0.05, 0) is 58.2 Å². The summed E-state index contributed by atoms with van der Waals surface area (Å²) in [7, 11) is -0.885. The number of carbonyl (C=O) groups is 3. The Kier molecular flexibility index (Phi) is 12.2. The molecule has 0 atom stereocenters. The molecule has 48 heavy (non-hydrogen) atoms. The first-order valence-corrected chi connectivity index (χ1v) is 18.2. The van der Waals surface area contributed by atoms with Crippen LogP contribution in [0.15, 0.2) is 47.8 Å².